The minimum atomic E-state index is 0.0136. The number of nitrogens with one attached hydrogen (secondary N) is 2. The molecule has 4 heteroatoms. The van der Waals surface area contributed by atoms with Crippen LogP contribution < -0.4 is 10.6 Å². The van der Waals surface area contributed by atoms with E-state index in [1.54, 1.807) is 0 Å². The minimum Gasteiger partial charge on any atom is -0.337 e. The van der Waals surface area contributed by atoms with Gasteiger partial charge in [-0.15, -0.1) is 0 Å². The molecule has 1 aromatic heterocycles. The van der Waals surface area contributed by atoms with E-state index in [0.717, 1.165) is 18.5 Å². The Hall–Kier alpha value is -1.58. The number of hydrogen-bond acceptors (Lipinski definition) is 2. The molecular formula is C19H27N3O. The van der Waals surface area contributed by atoms with Crippen LogP contribution in [0.2, 0.25) is 0 Å². The highest BCUT2D eigenvalue weighted by Crippen LogP contribution is 2.56. The lowest BCUT2D eigenvalue weighted by Gasteiger charge is -2.41. The van der Waals surface area contributed by atoms with Crippen LogP contribution >= 0.6 is 0 Å². The molecule has 124 valence electrons. The van der Waals surface area contributed by atoms with E-state index in [-0.39, 0.29) is 11.4 Å². The van der Waals surface area contributed by atoms with Crippen molar-refractivity contribution in [2.75, 3.05) is 6.54 Å². The highest BCUT2D eigenvalue weighted by atomic mass is 16.2. The van der Waals surface area contributed by atoms with E-state index in [1.807, 2.05) is 18.3 Å². The van der Waals surface area contributed by atoms with Crippen molar-refractivity contribution in [3.63, 3.8) is 0 Å². The summed E-state index contributed by atoms with van der Waals surface area (Å²) in [6, 6.07) is 6.51. The predicted molar refractivity (Wildman–Crippen MR) is 90.2 cm³/mol. The summed E-state index contributed by atoms with van der Waals surface area (Å²) in [7, 11) is 0. The van der Waals surface area contributed by atoms with Gasteiger partial charge in [-0.2, -0.15) is 0 Å². The molecule has 1 unspecified atom stereocenters. The molecule has 3 aliphatic carbocycles. The van der Waals surface area contributed by atoms with Crippen LogP contribution in [0.25, 0.3) is 0 Å². The molecule has 1 aromatic rings. The van der Waals surface area contributed by atoms with Gasteiger partial charge in [-0.05, 0) is 49.7 Å². The first-order valence-electron chi connectivity index (χ1n) is 9.19. The number of carbonyl (C=O) groups excluding carboxylic acids is 1. The van der Waals surface area contributed by atoms with Gasteiger partial charge in [0.15, 0.2) is 0 Å². The SMILES string of the molecule is O=C(NCC1(c2ccccn2)CCC1)NC1CC12CCCCC2. The van der Waals surface area contributed by atoms with E-state index in [0.29, 0.717) is 18.0 Å². The van der Waals surface area contributed by atoms with E-state index in [2.05, 4.69) is 21.7 Å². The van der Waals surface area contributed by atoms with Crippen LogP contribution in [-0.2, 0) is 5.41 Å². The molecule has 3 aliphatic rings. The molecule has 1 atom stereocenters. The summed E-state index contributed by atoms with van der Waals surface area (Å²) in [6.07, 6.45) is 13.2. The highest BCUT2D eigenvalue weighted by Gasteiger charge is 2.54. The number of amides is 2. The molecule has 3 fully saturated rings. The summed E-state index contributed by atoms with van der Waals surface area (Å²) < 4.78 is 0. The lowest BCUT2D eigenvalue weighted by Crippen LogP contribution is -2.49. The number of urea groups is 1. The number of aromatic nitrogens is 1. The molecule has 0 saturated heterocycles. The Morgan fingerprint density at radius 1 is 1.13 bits per heavy atom. The topological polar surface area (TPSA) is 54.0 Å². The number of rotatable bonds is 4. The zero-order valence-electron chi connectivity index (χ0n) is 13.8. The van der Waals surface area contributed by atoms with Crippen molar-refractivity contribution in [3.8, 4) is 0 Å². The molecule has 3 saturated carbocycles. The second-order valence-corrected chi connectivity index (χ2v) is 7.86. The lowest BCUT2D eigenvalue weighted by molar-refractivity contribution is 0.209. The molecule has 1 heterocycles. The van der Waals surface area contributed by atoms with Gasteiger partial charge < -0.3 is 10.6 Å². The second-order valence-electron chi connectivity index (χ2n) is 7.86. The van der Waals surface area contributed by atoms with Crippen molar-refractivity contribution in [3.05, 3.63) is 30.1 Å². The van der Waals surface area contributed by atoms with Gasteiger partial charge in [-0.1, -0.05) is 31.7 Å². The summed E-state index contributed by atoms with van der Waals surface area (Å²) in [5.74, 6) is 0. The van der Waals surface area contributed by atoms with Crippen LogP contribution in [-0.4, -0.2) is 23.6 Å². The fourth-order valence-electron chi connectivity index (χ4n) is 4.62. The van der Waals surface area contributed by atoms with Gasteiger partial charge in [0.05, 0.1) is 0 Å². The van der Waals surface area contributed by atoms with Crippen LogP contribution in [0, 0.1) is 5.41 Å². The number of carbonyl (C=O) groups is 1. The van der Waals surface area contributed by atoms with Gasteiger partial charge in [-0.3, -0.25) is 4.98 Å². The molecule has 4 nitrogen and oxygen atoms in total. The van der Waals surface area contributed by atoms with E-state index < -0.39 is 0 Å². The van der Waals surface area contributed by atoms with Gasteiger partial charge in [0, 0.05) is 29.9 Å². The van der Waals surface area contributed by atoms with Crippen LogP contribution in [0.1, 0.15) is 63.5 Å². The van der Waals surface area contributed by atoms with Crippen LogP contribution in [0.15, 0.2) is 24.4 Å². The van der Waals surface area contributed by atoms with Crippen molar-refractivity contribution in [1.82, 2.24) is 15.6 Å². The summed E-state index contributed by atoms with van der Waals surface area (Å²) in [6.45, 7) is 0.704. The Kier molecular flexibility index (Phi) is 3.78. The third-order valence-electron chi connectivity index (χ3n) is 6.45. The van der Waals surface area contributed by atoms with Gasteiger partial charge in [0.1, 0.15) is 0 Å². The summed E-state index contributed by atoms with van der Waals surface area (Å²) >= 11 is 0. The normalized spacial score (nSPS) is 27.0. The molecule has 1 spiro atoms. The average Bonchev–Trinajstić information content (AvgIpc) is 3.19. The third kappa shape index (κ3) is 2.84. The van der Waals surface area contributed by atoms with Gasteiger partial charge in [0.25, 0.3) is 0 Å². The molecule has 0 radical (unpaired) electrons. The fourth-order valence-corrected chi connectivity index (χ4v) is 4.62. The van der Waals surface area contributed by atoms with Crippen molar-refractivity contribution in [2.45, 2.75) is 69.2 Å². The monoisotopic (exact) mass is 313 g/mol. The first-order chi connectivity index (χ1) is 11.2. The highest BCUT2D eigenvalue weighted by molar-refractivity contribution is 5.75. The maximum atomic E-state index is 12.3. The maximum Gasteiger partial charge on any atom is 0.315 e. The minimum absolute atomic E-state index is 0.0136. The van der Waals surface area contributed by atoms with E-state index in [1.165, 1.54) is 44.9 Å². The number of hydrogen-bond donors (Lipinski definition) is 2. The third-order valence-corrected chi connectivity index (χ3v) is 6.45. The lowest BCUT2D eigenvalue weighted by atomic mass is 9.66. The standard InChI is InChI=1S/C19H27N3O/c23-17(22-16-13-18(16)8-3-1-4-9-18)21-14-19(10-6-11-19)15-7-2-5-12-20-15/h2,5,7,12,16H,1,3-4,6,8-11,13-14H2,(H2,21,22,23). The molecule has 2 N–H and O–H groups in total. The van der Waals surface area contributed by atoms with Crippen LogP contribution in [0.3, 0.4) is 0 Å². The van der Waals surface area contributed by atoms with E-state index in [4.69, 9.17) is 0 Å². The molecule has 2 amide bonds. The quantitative estimate of drug-likeness (QED) is 0.893. The Labute approximate surface area is 138 Å². The van der Waals surface area contributed by atoms with Crippen LogP contribution in [0.5, 0.6) is 0 Å². The van der Waals surface area contributed by atoms with Gasteiger partial charge >= 0.3 is 6.03 Å². The molecule has 0 aromatic carbocycles. The Balaban J connectivity index is 1.30. The van der Waals surface area contributed by atoms with E-state index in [9.17, 15) is 4.79 Å². The molecule has 23 heavy (non-hydrogen) atoms. The Morgan fingerprint density at radius 3 is 2.61 bits per heavy atom. The zero-order chi connectivity index (χ0) is 15.8. The zero-order valence-corrected chi connectivity index (χ0v) is 13.8. The van der Waals surface area contributed by atoms with Crippen molar-refractivity contribution < 1.29 is 4.79 Å². The second kappa shape index (κ2) is 5.81. The van der Waals surface area contributed by atoms with Crippen molar-refractivity contribution in [1.29, 1.82) is 0 Å². The fraction of sp³-hybridized carbons (Fsp3) is 0.684. The first-order valence-corrected chi connectivity index (χ1v) is 9.19. The van der Waals surface area contributed by atoms with Crippen LogP contribution in [0.4, 0.5) is 4.79 Å². The molecular weight excluding hydrogens is 286 g/mol. The summed E-state index contributed by atoms with van der Waals surface area (Å²) in [5, 5.41) is 6.34. The maximum absolute atomic E-state index is 12.3. The van der Waals surface area contributed by atoms with E-state index >= 15 is 0 Å². The van der Waals surface area contributed by atoms with Crippen molar-refractivity contribution in [2.24, 2.45) is 5.41 Å². The Bertz CT molecular complexity index is 561. The molecule has 0 aliphatic heterocycles. The predicted octanol–water partition coefficient (Wildman–Crippen LogP) is 3.53. The largest absolute Gasteiger partial charge is 0.337 e. The first kappa shape index (κ1) is 15.0. The number of pyridine rings is 1. The average molecular weight is 313 g/mol. The molecule has 4 rings (SSSR count). The van der Waals surface area contributed by atoms with Gasteiger partial charge in [-0.25, -0.2) is 4.79 Å². The summed E-state index contributed by atoms with van der Waals surface area (Å²) in [4.78, 5) is 16.8. The number of nitrogens with zero attached hydrogens (tertiary/aromatic N) is 1. The molecule has 0 bridgehead atoms. The van der Waals surface area contributed by atoms with Gasteiger partial charge in [0.2, 0.25) is 0 Å². The van der Waals surface area contributed by atoms with Crippen molar-refractivity contribution >= 4 is 6.03 Å². The summed E-state index contributed by atoms with van der Waals surface area (Å²) in [5.41, 5.74) is 1.64. The smallest absolute Gasteiger partial charge is 0.315 e. The Morgan fingerprint density at radius 2 is 1.96 bits per heavy atom.